The van der Waals surface area contributed by atoms with Crippen molar-refractivity contribution in [2.24, 2.45) is 28.6 Å². The number of hydrogen-bond acceptors (Lipinski definition) is 6. The summed E-state index contributed by atoms with van der Waals surface area (Å²) in [5, 5.41) is 22.2. The van der Waals surface area contributed by atoms with Gasteiger partial charge in [0.05, 0.1) is 23.7 Å². The minimum atomic E-state index is -0.950. The third-order valence-corrected chi connectivity index (χ3v) is 12.2. The molecule has 186 valence electrons. The predicted molar refractivity (Wildman–Crippen MR) is 124 cm³/mol. The van der Waals surface area contributed by atoms with E-state index in [1.54, 1.807) is 6.08 Å². The van der Waals surface area contributed by atoms with E-state index in [-0.39, 0.29) is 41.0 Å². The first-order valence-corrected chi connectivity index (χ1v) is 13.3. The van der Waals surface area contributed by atoms with Crippen LogP contribution >= 0.6 is 0 Å². The van der Waals surface area contributed by atoms with Gasteiger partial charge in [-0.05, 0) is 76.7 Å². The maximum absolute atomic E-state index is 13.3. The molecule has 6 nitrogen and oxygen atoms in total. The van der Waals surface area contributed by atoms with E-state index in [1.165, 1.54) is 11.1 Å². The van der Waals surface area contributed by atoms with Gasteiger partial charge in [0.2, 0.25) is 0 Å². The Hall–Kier alpha value is -1.05. The summed E-state index contributed by atoms with van der Waals surface area (Å²) in [6.07, 6.45) is 7.35. The summed E-state index contributed by atoms with van der Waals surface area (Å²) < 4.78 is 18.4. The van der Waals surface area contributed by atoms with E-state index in [1.807, 2.05) is 13.0 Å². The number of ether oxygens (including phenoxy) is 3. The Kier molecular flexibility index (Phi) is 4.08. The standard InChI is InChI=1S/C28H38O6/c1-14(19-13-24(2)27(5,34-24)23(31)32-19)25(3)17-8-9-18-16(15(17)11-21(25)30)12-22-28(33-22)10-6-7-20(29)26(18,28)4/h6-7,14,16,18-19,21-23,30-31H,8-13H2,1-5H3. The minimum absolute atomic E-state index is 0.0291. The highest BCUT2D eigenvalue weighted by atomic mass is 16.7. The van der Waals surface area contributed by atoms with Crippen LogP contribution in [-0.4, -0.2) is 57.4 Å². The van der Waals surface area contributed by atoms with Crippen LogP contribution in [0.3, 0.4) is 0 Å². The van der Waals surface area contributed by atoms with Crippen LogP contribution in [0.2, 0.25) is 0 Å². The average molecular weight is 471 g/mol. The third kappa shape index (κ3) is 2.26. The van der Waals surface area contributed by atoms with Crippen molar-refractivity contribution < 1.29 is 29.2 Å². The molecule has 1 saturated carbocycles. The van der Waals surface area contributed by atoms with Crippen LogP contribution < -0.4 is 0 Å². The van der Waals surface area contributed by atoms with Gasteiger partial charge in [-0.1, -0.05) is 31.1 Å². The number of allylic oxidation sites excluding steroid dienone is 1. The first-order chi connectivity index (χ1) is 15.9. The molecule has 0 bridgehead atoms. The quantitative estimate of drug-likeness (QED) is 0.475. The second-order valence-corrected chi connectivity index (χ2v) is 13.1. The normalized spacial score (nSPS) is 60.0. The zero-order valence-electron chi connectivity index (χ0n) is 21.0. The fraction of sp³-hybridized carbons (Fsp3) is 0.821. The SMILES string of the molecule is CC(C1CC2(C)OC2(C)C(O)O1)C1(C)C2=C(CC1O)C1CC3OC34CC=CC(=O)C4(C)C1CC2. The molecule has 3 heterocycles. The molecule has 3 saturated heterocycles. The number of hydrogen-bond donors (Lipinski definition) is 2. The third-order valence-electron chi connectivity index (χ3n) is 12.2. The molecule has 1 spiro atoms. The molecule has 12 unspecified atom stereocenters. The molecule has 12 atom stereocenters. The van der Waals surface area contributed by atoms with E-state index >= 15 is 0 Å². The topological polar surface area (TPSA) is 91.8 Å². The molecule has 4 aliphatic carbocycles. The number of carbonyl (C=O) groups excluding carboxylic acids is 1. The zero-order chi connectivity index (χ0) is 24.1. The van der Waals surface area contributed by atoms with Gasteiger partial charge in [-0.2, -0.15) is 0 Å². The van der Waals surface area contributed by atoms with E-state index in [4.69, 9.17) is 14.2 Å². The lowest BCUT2D eigenvalue weighted by Crippen LogP contribution is -2.57. The Labute approximate surface area is 201 Å². The van der Waals surface area contributed by atoms with E-state index in [2.05, 4.69) is 27.7 Å². The van der Waals surface area contributed by atoms with E-state index < -0.39 is 28.8 Å². The van der Waals surface area contributed by atoms with Crippen molar-refractivity contribution in [3.8, 4) is 0 Å². The highest BCUT2D eigenvalue weighted by molar-refractivity contribution is 5.97. The number of fused-ring (bicyclic) bond motifs is 4. The van der Waals surface area contributed by atoms with Gasteiger partial charge in [0, 0.05) is 11.8 Å². The van der Waals surface area contributed by atoms with Crippen molar-refractivity contribution in [3.05, 3.63) is 23.3 Å². The van der Waals surface area contributed by atoms with Gasteiger partial charge >= 0.3 is 0 Å². The smallest absolute Gasteiger partial charge is 0.186 e. The molecular formula is C28H38O6. The highest BCUT2D eigenvalue weighted by Gasteiger charge is 2.77. The van der Waals surface area contributed by atoms with Crippen LogP contribution in [-0.2, 0) is 19.0 Å². The van der Waals surface area contributed by atoms with Crippen molar-refractivity contribution in [3.63, 3.8) is 0 Å². The second-order valence-electron chi connectivity index (χ2n) is 13.1. The van der Waals surface area contributed by atoms with Crippen LogP contribution in [0.5, 0.6) is 0 Å². The van der Waals surface area contributed by atoms with Crippen LogP contribution in [0.25, 0.3) is 0 Å². The number of aliphatic hydroxyl groups excluding tert-OH is 2. The highest BCUT2D eigenvalue weighted by Crippen LogP contribution is 2.71. The molecule has 3 aliphatic heterocycles. The van der Waals surface area contributed by atoms with Crippen molar-refractivity contribution in [1.82, 2.24) is 0 Å². The Morgan fingerprint density at radius 1 is 1.18 bits per heavy atom. The Morgan fingerprint density at radius 2 is 1.94 bits per heavy atom. The monoisotopic (exact) mass is 470 g/mol. The lowest BCUT2D eigenvalue weighted by atomic mass is 9.49. The molecule has 0 aromatic heterocycles. The molecule has 7 rings (SSSR count). The number of epoxide rings is 2. The first kappa shape index (κ1) is 22.2. The van der Waals surface area contributed by atoms with Crippen molar-refractivity contribution in [2.75, 3.05) is 0 Å². The minimum Gasteiger partial charge on any atom is -0.392 e. The largest absolute Gasteiger partial charge is 0.392 e. The molecule has 34 heavy (non-hydrogen) atoms. The van der Waals surface area contributed by atoms with Crippen LogP contribution in [0.15, 0.2) is 23.3 Å². The number of aliphatic hydroxyl groups is 2. The zero-order valence-corrected chi connectivity index (χ0v) is 21.0. The van der Waals surface area contributed by atoms with E-state index in [0.717, 1.165) is 32.1 Å². The molecule has 7 aliphatic rings. The number of ketones is 1. The van der Waals surface area contributed by atoms with Crippen molar-refractivity contribution >= 4 is 5.78 Å². The summed E-state index contributed by atoms with van der Waals surface area (Å²) in [6.45, 7) is 10.5. The van der Waals surface area contributed by atoms with Gasteiger partial charge in [0.15, 0.2) is 12.1 Å². The van der Waals surface area contributed by atoms with Crippen LogP contribution in [0.4, 0.5) is 0 Å². The van der Waals surface area contributed by atoms with E-state index in [9.17, 15) is 15.0 Å². The second kappa shape index (κ2) is 6.25. The van der Waals surface area contributed by atoms with Gasteiger partial charge in [-0.15, -0.1) is 0 Å². The van der Waals surface area contributed by atoms with Gasteiger partial charge in [0.1, 0.15) is 16.8 Å². The summed E-state index contributed by atoms with van der Waals surface area (Å²) in [5.41, 5.74) is 0.555. The molecule has 0 amide bonds. The molecule has 0 aromatic carbocycles. The lowest BCUT2D eigenvalue weighted by molar-refractivity contribution is -0.206. The fourth-order valence-electron chi connectivity index (χ4n) is 9.38. The maximum Gasteiger partial charge on any atom is 0.186 e. The summed E-state index contributed by atoms with van der Waals surface area (Å²) >= 11 is 0. The summed E-state index contributed by atoms with van der Waals surface area (Å²) in [5.74, 6) is 0.805. The number of rotatable bonds is 2. The van der Waals surface area contributed by atoms with E-state index in [0.29, 0.717) is 12.3 Å². The first-order valence-electron chi connectivity index (χ1n) is 13.3. The molecule has 0 aromatic rings. The van der Waals surface area contributed by atoms with Gasteiger partial charge in [-0.25, -0.2) is 0 Å². The molecule has 6 heteroatoms. The summed E-state index contributed by atoms with van der Waals surface area (Å²) in [7, 11) is 0. The van der Waals surface area contributed by atoms with Crippen molar-refractivity contribution in [2.45, 2.75) is 115 Å². The maximum atomic E-state index is 13.3. The fourth-order valence-corrected chi connectivity index (χ4v) is 9.38. The van der Waals surface area contributed by atoms with Crippen LogP contribution in [0, 0.1) is 28.6 Å². The molecular weight excluding hydrogens is 432 g/mol. The Morgan fingerprint density at radius 3 is 2.68 bits per heavy atom. The Bertz CT molecular complexity index is 1050. The number of carbonyl (C=O) groups is 1. The van der Waals surface area contributed by atoms with Crippen LogP contribution in [0.1, 0.15) is 73.1 Å². The molecule has 2 N–H and O–H groups in total. The van der Waals surface area contributed by atoms with Gasteiger partial charge in [0.25, 0.3) is 0 Å². The Balaban J connectivity index is 1.23. The predicted octanol–water partition coefficient (Wildman–Crippen LogP) is 3.45. The van der Waals surface area contributed by atoms with Crippen molar-refractivity contribution in [1.29, 1.82) is 0 Å². The molecule has 4 fully saturated rings. The van der Waals surface area contributed by atoms with Gasteiger partial charge in [-0.3, -0.25) is 4.79 Å². The summed E-state index contributed by atoms with van der Waals surface area (Å²) in [4.78, 5) is 13.3. The lowest BCUT2D eigenvalue weighted by Gasteiger charge is -2.52. The molecule has 0 radical (unpaired) electrons. The van der Waals surface area contributed by atoms with Gasteiger partial charge < -0.3 is 24.4 Å². The average Bonchev–Trinajstić information content (AvgIpc) is 3.61. The summed E-state index contributed by atoms with van der Waals surface area (Å²) in [6, 6.07) is 0.